The van der Waals surface area contributed by atoms with E-state index >= 15 is 0 Å². The van der Waals surface area contributed by atoms with Crippen LogP contribution in [-0.4, -0.2) is 35.0 Å². The highest BCUT2D eigenvalue weighted by Crippen LogP contribution is 2.22. The average Bonchev–Trinajstić information content (AvgIpc) is 2.44. The SMILES string of the molecule is CC1CC(C)CN(C(=O)c2ccc(C=CC(=O)O)cc2)C1. The van der Waals surface area contributed by atoms with Crippen LogP contribution in [0.1, 0.15) is 36.2 Å². The van der Waals surface area contributed by atoms with Crippen molar-refractivity contribution in [3.05, 3.63) is 41.5 Å². The normalized spacial score (nSPS) is 22.5. The molecule has 2 atom stereocenters. The highest BCUT2D eigenvalue weighted by atomic mass is 16.4. The van der Waals surface area contributed by atoms with Crippen LogP contribution in [0.25, 0.3) is 6.08 Å². The van der Waals surface area contributed by atoms with E-state index in [-0.39, 0.29) is 5.91 Å². The predicted octanol–water partition coefficient (Wildman–Crippen LogP) is 2.90. The summed E-state index contributed by atoms with van der Waals surface area (Å²) in [5.74, 6) is 0.152. The molecule has 1 fully saturated rings. The Bertz CT molecular complexity index is 538. The zero-order valence-corrected chi connectivity index (χ0v) is 12.5. The second-order valence-electron chi connectivity index (χ2n) is 5.95. The van der Waals surface area contributed by atoms with Crippen LogP contribution in [0.15, 0.2) is 30.3 Å². The number of carboxylic acids is 1. The van der Waals surface area contributed by atoms with Crippen LogP contribution in [0.4, 0.5) is 0 Å². The van der Waals surface area contributed by atoms with Crippen molar-refractivity contribution in [2.24, 2.45) is 11.8 Å². The van der Waals surface area contributed by atoms with Crippen molar-refractivity contribution in [1.82, 2.24) is 4.90 Å². The lowest BCUT2D eigenvalue weighted by Crippen LogP contribution is -2.42. The third-order valence-electron chi connectivity index (χ3n) is 3.73. The number of nitrogens with zero attached hydrogens (tertiary/aromatic N) is 1. The first-order chi connectivity index (χ1) is 9.95. The van der Waals surface area contributed by atoms with Crippen LogP contribution in [0.5, 0.6) is 0 Å². The Kier molecular flexibility index (Phi) is 4.78. The molecule has 1 aromatic carbocycles. The van der Waals surface area contributed by atoms with E-state index in [9.17, 15) is 9.59 Å². The van der Waals surface area contributed by atoms with Gasteiger partial charge in [0, 0.05) is 24.7 Å². The van der Waals surface area contributed by atoms with Gasteiger partial charge < -0.3 is 10.0 Å². The predicted molar refractivity (Wildman–Crippen MR) is 82.0 cm³/mol. The first kappa shape index (κ1) is 15.3. The standard InChI is InChI=1S/C17H21NO3/c1-12-9-13(2)11-18(10-12)17(21)15-6-3-14(4-7-15)5-8-16(19)20/h3-8,12-13H,9-11H2,1-2H3,(H,19,20). The van der Waals surface area contributed by atoms with E-state index in [4.69, 9.17) is 5.11 Å². The Hall–Kier alpha value is -2.10. The molecule has 0 spiro atoms. The molecule has 2 unspecified atom stereocenters. The Morgan fingerprint density at radius 2 is 1.71 bits per heavy atom. The number of carbonyl (C=O) groups is 2. The highest BCUT2D eigenvalue weighted by Gasteiger charge is 2.25. The Morgan fingerprint density at radius 1 is 1.14 bits per heavy atom. The van der Waals surface area contributed by atoms with Gasteiger partial charge in [-0.1, -0.05) is 26.0 Å². The van der Waals surface area contributed by atoms with E-state index in [0.717, 1.165) is 24.7 Å². The molecule has 1 heterocycles. The summed E-state index contributed by atoms with van der Waals surface area (Å²) in [5, 5.41) is 8.59. The van der Waals surface area contributed by atoms with Crippen molar-refractivity contribution in [3.8, 4) is 0 Å². The maximum absolute atomic E-state index is 12.5. The molecule has 2 rings (SSSR count). The molecule has 0 bridgehead atoms. The van der Waals surface area contributed by atoms with Gasteiger partial charge in [0.2, 0.25) is 0 Å². The quantitative estimate of drug-likeness (QED) is 0.870. The topological polar surface area (TPSA) is 57.6 Å². The van der Waals surface area contributed by atoms with Crippen LogP contribution in [0.3, 0.4) is 0 Å². The van der Waals surface area contributed by atoms with Crippen LogP contribution in [0, 0.1) is 11.8 Å². The monoisotopic (exact) mass is 287 g/mol. The highest BCUT2D eigenvalue weighted by molar-refractivity contribution is 5.94. The summed E-state index contributed by atoms with van der Waals surface area (Å²) in [7, 11) is 0. The molecule has 4 nitrogen and oxygen atoms in total. The average molecular weight is 287 g/mol. The van der Waals surface area contributed by atoms with E-state index in [1.165, 1.54) is 12.5 Å². The number of rotatable bonds is 3. The Labute approximate surface area is 125 Å². The molecule has 21 heavy (non-hydrogen) atoms. The Balaban J connectivity index is 2.07. The second kappa shape index (κ2) is 6.57. The molecule has 1 aliphatic heterocycles. The van der Waals surface area contributed by atoms with Crippen LogP contribution in [-0.2, 0) is 4.79 Å². The number of hydrogen-bond acceptors (Lipinski definition) is 2. The fraction of sp³-hybridized carbons (Fsp3) is 0.412. The molecule has 4 heteroatoms. The second-order valence-corrected chi connectivity index (χ2v) is 5.95. The summed E-state index contributed by atoms with van der Waals surface area (Å²) < 4.78 is 0. The molecule has 0 aromatic heterocycles. The summed E-state index contributed by atoms with van der Waals surface area (Å²) in [6.07, 6.45) is 3.77. The van der Waals surface area contributed by atoms with E-state index in [1.54, 1.807) is 24.3 Å². The van der Waals surface area contributed by atoms with Crippen molar-refractivity contribution >= 4 is 18.0 Å². The number of benzene rings is 1. The van der Waals surface area contributed by atoms with Crippen molar-refractivity contribution < 1.29 is 14.7 Å². The first-order valence-electron chi connectivity index (χ1n) is 7.26. The van der Waals surface area contributed by atoms with E-state index < -0.39 is 5.97 Å². The number of likely N-dealkylation sites (tertiary alicyclic amines) is 1. The van der Waals surface area contributed by atoms with Gasteiger partial charge in [-0.05, 0) is 42.0 Å². The minimum Gasteiger partial charge on any atom is -0.478 e. The van der Waals surface area contributed by atoms with Gasteiger partial charge in [0.05, 0.1) is 0 Å². The molecular weight excluding hydrogens is 266 g/mol. The molecule has 0 saturated carbocycles. The molecule has 1 saturated heterocycles. The van der Waals surface area contributed by atoms with E-state index in [0.29, 0.717) is 17.4 Å². The largest absolute Gasteiger partial charge is 0.478 e. The summed E-state index contributed by atoms with van der Waals surface area (Å²) in [6.45, 7) is 5.97. The number of hydrogen-bond donors (Lipinski definition) is 1. The van der Waals surface area contributed by atoms with Crippen molar-refractivity contribution in [2.45, 2.75) is 20.3 Å². The van der Waals surface area contributed by atoms with Crippen LogP contribution < -0.4 is 0 Å². The number of carbonyl (C=O) groups excluding carboxylic acids is 1. The maximum atomic E-state index is 12.5. The van der Waals surface area contributed by atoms with Gasteiger partial charge in [-0.3, -0.25) is 4.79 Å². The fourth-order valence-corrected chi connectivity index (χ4v) is 2.92. The third kappa shape index (κ3) is 4.18. The molecule has 112 valence electrons. The number of carboxylic acid groups (broad SMARTS) is 1. The zero-order valence-electron chi connectivity index (χ0n) is 12.5. The lowest BCUT2D eigenvalue weighted by Gasteiger charge is -2.35. The third-order valence-corrected chi connectivity index (χ3v) is 3.73. The maximum Gasteiger partial charge on any atom is 0.328 e. The minimum absolute atomic E-state index is 0.0576. The molecule has 1 aromatic rings. The molecule has 0 radical (unpaired) electrons. The van der Waals surface area contributed by atoms with Crippen molar-refractivity contribution in [2.75, 3.05) is 13.1 Å². The molecular formula is C17H21NO3. The van der Waals surface area contributed by atoms with Gasteiger partial charge in [-0.2, -0.15) is 0 Å². The van der Waals surface area contributed by atoms with Crippen LogP contribution >= 0.6 is 0 Å². The lowest BCUT2D eigenvalue weighted by atomic mass is 9.91. The van der Waals surface area contributed by atoms with Gasteiger partial charge in [-0.25, -0.2) is 4.79 Å². The van der Waals surface area contributed by atoms with Crippen molar-refractivity contribution in [3.63, 3.8) is 0 Å². The number of piperidine rings is 1. The van der Waals surface area contributed by atoms with E-state index in [1.807, 2.05) is 4.90 Å². The summed E-state index contributed by atoms with van der Waals surface area (Å²) in [6, 6.07) is 7.05. The summed E-state index contributed by atoms with van der Waals surface area (Å²) in [4.78, 5) is 24.9. The van der Waals surface area contributed by atoms with Gasteiger partial charge in [0.1, 0.15) is 0 Å². The molecule has 1 N–H and O–H groups in total. The molecule has 1 aliphatic rings. The molecule has 0 aliphatic carbocycles. The van der Waals surface area contributed by atoms with Gasteiger partial charge in [0.15, 0.2) is 0 Å². The number of amides is 1. The Morgan fingerprint density at radius 3 is 2.24 bits per heavy atom. The van der Waals surface area contributed by atoms with Gasteiger partial charge in [-0.15, -0.1) is 0 Å². The van der Waals surface area contributed by atoms with Crippen LogP contribution in [0.2, 0.25) is 0 Å². The van der Waals surface area contributed by atoms with Gasteiger partial charge >= 0.3 is 5.97 Å². The zero-order chi connectivity index (χ0) is 15.4. The molecule has 1 amide bonds. The number of aliphatic carboxylic acids is 1. The summed E-state index contributed by atoms with van der Waals surface area (Å²) in [5.41, 5.74) is 1.43. The van der Waals surface area contributed by atoms with E-state index in [2.05, 4.69) is 13.8 Å². The van der Waals surface area contributed by atoms with Gasteiger partial charge in [0.25, 0.3) is 5.91 Å². The minimum atomic E-state index is -0.980. The smallest absolute Gasteiger partial charge is 0.328 e. The fourth-order valence-electron chi connectivity index (χ4n) is 2.92. The summed E-state index contributed by atoms with van der Waals surface area (Å²) >= 11 is 0. The lowest BCUT2D eigenvalue weighted by molar-refractivity contribution is -0.131. The first-order valence-corrected chi connectivity index (χ1v) is 7.26. The van der Waals surface area contributed by atoms with Crippen molar-refractivity contribution in [1.29, 1.82) is 0 Å².